The molecule has 4 fully saturated rings. The van der Waals surface area contributed by atoms with Gasteiger partial charge in [-0.2, -0.15) is 0 Å². The third kappa shape index (κ3) is 5.17. The SMILES string of the molecule is COc1ccc(OC)c(C(C)NC(=O)CN(c2ccc(C34CC5CC(CC(C5)C3)C4)cc2)S(C)(=O)=O)c1. The molecule has 6 rings (SSSR count). The molecule has 1 atom stereocenters. The minimum atomic E-state index is -3.67. The Morgan fingerprint density at radius 2 is 1.59 bits per heavy atom. The number of benzene rings is 2. The first-order valence-electron chi connectivity index (χ1n) is 13.2. The molecule has 0 aromatic heterocycles. The Hall–Kier alpha value is -2.74. The van der Waals surface area contributed by atoms with Gasteiger partial charge in [-0.15, -0.1) is 0 Å². The van der Waals surface area contributed by atoms with E-state index in [0.717, 1.165) is 29.6 Å². The molecular weight excluding hydrogens is 488 g/mol. The lowest BCUT2D eigenvalue weighted by Gasteiger charge is -2.57. The third-order valence-corrected chi connectivity index (χ3v) is 9.91. The van der Waals surface area contributed by atoms with Crippen molar-refractivity contribution in [2.24, 2.45) is 17.8 Å². The molecule has 37 heavy (non-hydrogen) atoms. The van der Waals surface area contributed by atoms with Gasteiger partial charge < -0.3 is 14.8 Å². The number of carbonyl (C=O) groups excluding carboxylic acids is 1. The fourth-order valence-corrected chi connectivity index (χ4v) is 8.38. The van der Waals surface area contributed by atoms with E-state index in [4.69, 9.17) is 9.47 Å². The van der Waals surface area contributed by atoms with Gasteiger partial charge in [-0.05, 0) is 105 Å². The van der Waals surface area contributed by atoms with Gasteiger partial charge in [-0.25, -0.2) is 8.42 Å². The molecule has 4 aliphatic carbocycles. The van der Waals surface area contributed by atoms with Gasteiger partial charge in [0.05, 0.1) is 32.2 Å². The first-order valence-corrected chi connectivity index (χ1v) is 15.0. The van der Waals surface area contributed by atoms with Crippen LogP contribution in [0.15, 0.2) is 42.5 Å². The van der Waals surface area contributed by atoms with E-state index in [2.05, 4.69) is 17.4 Å². The average Bonchev–Trinajstić information content (AvgIpc) is 2.85. The number of hydrogen-bond acceptors (Lipinski definition) is 5. The Balaban J connectivity index is 1.32. The Morgan fingerprint density at radius 1 is 1.00 bits per heavy atom. The standard InChI is InChI=1S/C29H38N2O5S/c1-19(26-14-25(35-2)9-10-27(26)36-3)30-28(32)18-31(37(4,33)34)24-7-5-23(6-8-24)29-15-20-11-21(16-29)13-22(12-20)17-29/h5-10,14,19-22H,11-13,15-18H2,1-4H3,(H,30,32). The lowest BCUT2D eigenvalue weighted by molar-refractivity contribution is -0.120. The highest BCUT2D eigenvalue weighted by atomic mass is 32.2. The summed E-state index contributed by atoms with van der Waals surface area (Å²) in [6.45, 7) is 1.53. The van der Waals surface area contributed by atoms with Crippen molar-refractivity contribution in [1.82, 2.24) is 5.32 Å². The van der Waals surface area contributed by atoms with Crippen molar-refractivity contribution >= 4 is 21.6 Å². The quantitative estimate of drug-likeness (QED) is 0.507. The number of sulfonamides is 1. The number of methoxy groups -OCH3 is 2. The predicted octanol–water partition coefficient (Wildman–Crippen LogP) is 4.82. The van der Waals surface area contributed by atoms with Crippen LogP contribution < -0.4 is 19.1 Å². The summed E-state index contributed by atoms with van der Waals surface area (Å²) in [5.74, 6) is 3.39. The van der Waals surface area contributed by atoms with E-state index in [1.54, 1.807) is 32.4 Å². The summed E-state index contributed by atoms with van der Waals surface area (Å²) >= 11 is 0. The van der Waals surface area contributed by atoms with Gasteiger partial charge in [0, 0.05) is 5.56 Å². The maximum absolute atomic E-state index is 13.0. The Labute approximate surface area is 220 Å². The smallest absolute Gasteiger partial charge is 0.241 e. The molecular formula is C29H38N2O5S. The Kier molecular flexibility index (Phi) is 6.90. The van der Waals surface area contributed by atoms with E-state index in [9.17, 15) is 13.2 Å². The van der Waals surface area contributed by atoms with Crippen LogP contribution >= 0.6 is 0 Å². The molecule has 4 aliphatic rings. The van der Waals surface area contributed by atoms with E-state index >= 15 is 0 Å². The molecule has 0 radical (unpaired) electrons. The first kappa shape index (κ1) is 25.9. The number of anilines is 1. The van der Waals surface area contributed by atoms with Crippen molar-refractivity contribution in [3.63, 3.8) is 0 Å². The largest absolute Gasteiger partial charge is 0.497 e. The molecule has 0 spiro atoms. The van der Waals surface area contributed by atoms with Gasteiger partial charge in [0.2, 0.25) is 15.9 Å². The van der Waals surface area contributed by atoms with Crippen LogP contribution in [0.3, 0.4) is 0 Å². The van der Waals surface area contributed by atoms with Crippen molar-refractivity contribution in [2.45, 2.75) is 56.9 Å². The normalized spacial score (nSPS) is 27.0. The van der Waals surface area contributed by atoms with Crippen LogP contribution in [0.25, 0.3) is 0 Å². The van der Waals surface area contributed by atoms with Gasteiger partial charge >= 0.3 is 0 Å². The summed E-state index contributed by atoms with van der Waals surface area (Å²) in [6, 6.07) is 12.9. The fourth-order valence-electron chi connectivity index (χ4n) is 7.52. The van der Waals surface area contributed by atoms with Crippen LogP contribution in [0.4, 0.5) is 5.69 Å². The molecule has 4 bridgehead atoms. The first-order chi connectivity index (χ1) is 17.6. The van der Waals surface area contributed by atoms with Crippen LogP contribution in [0, 0.1) is 17.8 Å². The molecule has 2 aromatic rings. The molecule has 200 valence electrons. The van der Waals surface area contributed by atoms with Gasteiger partial charge in [0.25, 0.3) is 0 Å². The molecule has 0 aliphatic heterocycles. The maximum atomic E-state index is 13.0. The van der Waals surface area contributed by atoms with Crippen molar-refractivity contribution in [3.8, 4) is 11.5 Å². The van der Waals surface area contributed by atoms with E-state index in [-0.39, 0.29) is 12.0 Å². The lowest BCUT2D eigenvalue weighted by Crippen LogP contribution is -2.48. The number of hydrogen-bond donors (Lipinski definition) is 1. The monoisotopic (exact) mass is 526 g/mol. The number of ether oxygens (including phenoxy) is 2. The summed E-state index contributed by atoms with van der Waals surface area (Å²) in [5.41, 5.74) is 2.83. The second kappa shape index (κ2) is 9.86. The van der Waals surface area contributed by atoms with E-state index in [0.29, 0.717) is 17.2 Å². The molecule has 1 N–H and O–H groups in total. The van der Waals surface area contributed by atoms with Crippen molar-refractivity contribution in [2.75, 3.05) is 31.3 Å². The van der Waals surface area contributed by atoms with Gasteiger partial charge in [0.1, 0.15) is 18.0 Å². The van der Waals surface area contributed by atoms with Gasteiger partial charge in [0.15, 0.2) is 0 Å². The topological polar surface area (TPSA) is 84.9 Å². The van der Waals surface area contributed by atoms with E-state index in [1.165, 1.54) is 48.4 Å². The summed E-state index contributed by atoms with van der Waals surface area (Å²) in [7, 11) is -0.522. The zero-order valence-corrected chi connectivity index (χ0v) is 23.0. The predicted molar refractivity (Wildman–Crippen MR) is 145 cm³/mol. The highest BCUT2D eigenvalue weighted by Crippen LogP contribution is 2.60. The van der Waals surface area contributed by atoms with Crippen molar-refractivity contribution < 1.29 is 22.7 Å². The van der Waals surface area contributed by atoms with Crippen molar-refractivity contribution in [3.05, 3.63) is 53.6 Å². The van der Waals surface area contributed by atoms with Gasteiger partial charge in [-0.3, -0.25) is 9.10 Å². The third-order valence-electron chi connectivity index (χ3n) is 8.77. The second-order valence-electron chi connectivity index (χ2n) is 11.4. The molecule has 4 saturated carbocycles. The van der Waals surface area contributed by atoms with Crippen LogP contribution in [0.2, 0.25) is 0 Å². The highest BCUT2D eigenvalue weighted by Gasteiger charge is 2.51. The van der Waals surface area contributed by atoms with Crippen molar-refractivity contribution in [1.29, 1.82) is 0 Å². The van der Waals surface area contributed by atoms with Crippen LogP contribution in [0.5, 0.6) is 11.5 Å². The molecule has 2 aromatic carbocycles. The summed E-state index contributed by atoms with van der Waals surface area (Å²) in [6.07, 6.45) is 9.05. The molecule has 1 unspecified atom stereocenters. The zero-order valence-electron chi connectivity index (χ0n) is 22.2. The fraction of sp³-hybridized carbons (Fsp3) is 0.552. The number of nitrogens with zero attached hydrogens (tertiary/aromatic N) is 1. The zero-order chi connectivity index (χ0) is 26.4. The number of carbonyl (C=O) groups is 1. The minimum absolute atomic E-state index is 0.242. The minimum Gasteiger partial charge on any atom is -0.497 e. The Bertz CT molecular complexity index is 1220. The van der Waals surface area contributed by atoms with Crippen LogP contribution in [0.1, 0.15) is 62.6 Å². The van der Waals surface area contributed by atoms with Crippen LogP contribution in [-0.4, -0.2) is 41.3 Å². The highest BCUT2D eigenvalue weighted by molar-refractivity contribution is 7.92. The lowest BCUT2D eigenvalue weighted by atomic mass is 9.48. The second-order valence-corrected chi connectivity index (χ2v) is 13.3. The summed E-state index contributed by atoms with van der Waals surface area (Å²) in [5, 5.41) is 2.91. The van der Waals surface area contributed by atoms with E-state index < -0.39 is 22.0 Å². The summed E-state index contributed by atoms with van der Waals surface area (Å²) in [4.78, 5) is 13.0. The van der Waals surface area contributed by atoms with Gasteiger partial charge in [-0.1, -0.05) is 12.1 Å². The summed E-state index contributed by atoms with van der Waals surface area (Å²) < 4.78 is 37.4. The van der Waals surface area contributed by atoms with Crippen LogP contribution in [-0.2, 0) is 20.2 Å². The Morgan fingerprint density at radius 3 is 2.11 bits per heavy atom. The number of nitrogens with one attached hydrogen (secondary N) is 1. The number of rotatable bonds is 9. The molecule has 0 saturated heterocycles. The molecule has 1 amide bonds. The maximum Gasteiger partial charge on any atom is 0.241 e. The molecule has 7 nitrogen and oxygen atoms in total. The number of amides is 1. The average molecular weight is 527 g/mol. The van der Waals surface area contributed by atoms with E-state index in [1.807, 2.05) is 19.1 Å². The molecule has 0 heterocycles. The molecule has 8 heteroatoms.